The van der Waals surface area contributed by atoms with Gasteiger partial charge in [-0.3, -0.25) is 0 Å². The van der Waals surface area contributed by atoms with Crippen LogP contribution in [0.25, 0.3) is 0 Å². The second-order valence-corrected chi connectivity index (χ2v) is 4.98. The first-order valence-electron chi connectivity index (χ1n) is 6.11. The second kappa shape index (κ2) is 6.39. The van der Waals surface area contributed by atoms with Crippen molar-refractivity contribution < 1.29 is 9.47 Å². The Balaban J connectivity index is 1.96. The van der Waals surface area contributed by atoms with Crippen LogP contribution in [0, 0.1) is 5.92 Å². The summed E-state index contributed by atoms with van der Waals surface area (Å²) in [6.45, 7) is 2.40. The molecule has 2 unspecified atom stereocenters. The van der Waals surface area contributed by atoms with Gasteiger partial charge in [-0.05, 0) is 24.0 Å². The Kier molecular flexibility index (Phi) is 4.84. The minimum absolute atomic E-state index is 0.0778. The number of hydrogen-bond donors (Lipinski definition) is 0. The van der Waals surface area contributed by atoms with Gasteiger partial charge in [0.25, 0.3) is 0 Å². The molecule has 0 radical (unpaired) electrons. The SMILES string of the molecule is COCCc1ccc(C(Cl)C2CCOC2)cc1. The number of rotatable bonds is 5. The molecule has 3 heteroatoms. The van der Waals surface area contributed by atoms with E-state index >= 15 is 0 Å². The van der Waals surface area contributed by atoms with Gasteiger partial charge in [-0.25, -0.2) is 0 Å². The summed E-state index contributed by atoms with van der Waals surface area (Å²) in [4.78, 5) is 0. The van der Waals surface area contributed by atoms with Gasteiger partial charge in [0.15, 0.2) is 0 Å². The summed E-state index contributed by atoms with van der Waals surface area (Å²) in [5.74, 6) is 0.460. The minimum atomic E-state index is 0.0778. The van der Waals surface area contributed by atoms with Gasteiger partial charge in [0, 0.05) is 19.6 Å². The Morgan fingerprint density at radius 1 is 1.41 bits per heavy atom. The average Bonchev–Trinajstić information content (AvgIpc) is 2.90. The maximum atomic E-state index is 6.46. The molecule has 2 atom stereocenters. The fourth-order valence-electron chi connectivity index (χ4n) is 2.14. The molecule has 1 aliphatic rings. The summed E-state index contributed by atoms with van der Waals surface area (Å²) in [6, 6.07) is 8.53. The number of hydrogen-bond acceptors (Lipinski definition) is 2. The van der Waals surface area contributed by atoms with Crippen LogP contribution in [0.2, 0.25) is 0 Å². The lowest BCUT2D eigenvalue weighted by atomic mass is 9.97. The molecule has 0 amide bonds. The van der Waals surface area contributed by atoms with Gasteiger partial charge in [0.05, 0.1) is 18.6 Å². The number of methoxy groups -OCH3 is 1. The Morgan fingerprint density at radius 3 is 2.76 bits per heavy atom. The van der Waals surface area contributed by atoms with E-state index < -0.39 is 0 Å². The number of ether oxygens (including phenoxy) is 2. The van der Waals surface area contributed by atoms with Gasteiger partial charge >= 0.3 is 0 Å². The average molecular weight is 255 g/mol. The van der Waals surface area contributed by atoms with Crippen molar-refractivity contribution in [1.29, 1.82) is 0 Å². The van der Waals surface area contributed by atoms with Crippen LogP contribution in [0.4, 0.5) is 0 Å². The minimum Gasteiger partial charge on any atom is -0.384 e. The van der Waals surface area contributed by atoms with Crippen LogP contribution < -0.4 is 0 Å². The molecule has 0 N–H and O–H groups in total. The van der Waals surface area contributed by atoms with Gasteiger partial charge < -0.3 is 9.47 Å². The van der Waals surface area contributed by atoms with Crippen molar-refractivity contribution in [1.82, 2.24) is 0 Å². The van der Waals surface area contributed by atoms with Gasteiger partial charge in [-0.2, -0.15) is 0 Å². The zero-order chi connectivity index (χ0) is 12.1. The topological polar surface area (TPSA) is 18.5 Å². The predicted molar refractivity (Wildman–Crippen MR) is 69.5 cm³/mol. The highest BCUT2D eigenvalue weighted by molar-refractivity contribution is 6.21. The molecule has 17 heavy (non-hydrogen) atoms. The number of halogens is 1. The van der Waals surface area contributed by atoms with E-state index in [2.05, 4.69) is 24.3 Å². The predicted octanol–water partition coefficient (Wildman–Crippen LogP) is 3.19. The molecule has 0 aromatic heterocycles. The van der Waals surface area contributed by atoms with E-state index in [1.54, 1.807) is 7.11 Å². The first-order chi connectivity index (χ1) is 8.31. The molecular formula is C14H19ClO2. The monoisotopic (exact) mass is 254 g/mol. The van der Waals surface area contributed by atoms with Crippen LogP contribution in [0.1, 0.15) is 22.9 Å². The van der Waals surface area contributed by atoms with Crippen molar-refractivity contribution in [2.75, 3.05) is 26.9 Å². The lowest BCUT2D eigenvalue weighted by Gasteiger charge is -2.16. The van der Waals surface area contributed by atoms with Gasteiger partial charge in [0.1, 0.15) is 0 Å². The van der Waals surface area contributed by atoms with Crippen LogP contribution in [0.5, 0.6) is 0 Å². The quantitative estimate of drug-likeness (QED) is 0.752. The largest absolute Gasteiger partial charge is 0.384 e. The summed E-state index contributed by atoms with van der Waals surface area (Å²) >= 11 is 6.46. The van der Waals surface area contributed by atoms with Crippen LogP contribution in [-0.4, -0.2) is 26.9 Å². The van der Waals surface area contributed by atoms with Gasteiger partial charge in [0.2, 0.25) is 0 Å². The second-order valence-electron chi connectivity index (χ2n) is 4.51. The molecule has 1 fully saturated rings. The smallest absolute Gasteiger partial charge is 0.0636 e. The summed E-state index contributed by atoms with van der Waals surface area (Å²) in [5, 5.41) is 0.0778. The van der Waals surface area contributed by atoms with Crippen molar-refractivity contribution in [2.24, 2.45) is 5.92 Å². The summed E-state index contributed by atoms with van der Waals surface area (Å²) in [5.41, 5.74) is 2.49. The molecule has 1 heterocycles. The fourth-order valence-corrected chi connectivity index (χ4v) is 2.49. The maximum Gasteiger partial charge on any atom is 0.0636 e. The molecule has 94 valence electrons. The third-order valence-electron chi connectivity index (χ3n) is 3.27. The standard InChI is InChI=1S/C14H19ClO2/c1-16-8-6-11-2-4-12(5-3-11)14(15)13-7-9-17-10-13/h2-5,13-14H,6-10H2,1H3. The van der Waals surface area contributed by atoms with Crippen LogP contribution in [0.3, 0.4) is 0 Å². The summed E-state index contributed by atoms with van der Waals surface area (Å²) in [7, 11) is 1.73. The van der Waals surface area contributed by atoms with Gasteiger partial charge in [-0.15, -0.1) is 11.6 Å². The van der Waals surface area contributed by atoms with Crippen molar-refractivity contribution in [3.8, 4) is 0 Å². The van der Waals surface area contributed by atoms with E-state index in [-0.39, 0.29) is 5.38 Å². The van der Waals surface area contributed by atoms with Crippen molar-refractivity contribution in [2.45, 2.75) is 18.2 Å². The lowest BCUT2D eigenvalue weighted by Crippen LogP contribution is -2.07. The Hall–Kier alpha value is -0.570. The first-order valence-corrected chi connectivity index (χ1v) is 6.54. The highest BCUT2D eigenvalue weighted by Crippen LogP contribution is 2.34. The molecule has 0 aliphatic carbocycles. The molecule has 1 aromatic carbocycles. The Labute approximate surface area is 108 Å². The molecule has 1 aliphatic heterocycles. The molecule has 2 rings (SSSR count). The molecule has 1 saturated heterocycles. The van der Waals surface area contributed by atoms with E-state index in [0.717, 1.165) is 32.7 Å². The molecule has 0 saturated carbocycles. The highest BCUT2D eigenvalue weighted by Gasteiger charge is 2.25. The third kappa shape index (κ3) is 3.44. The van der Waals surface area contributed by atoms with Crippen molar-refractivity contribution >= 4 is 11.6 Å². The molecule has 2 nitrogen and oxygen atoms in total. The van der Waals surface area contributed by atoms with E-state index in [9.17, 15) is 0 Å². The Bertz CT molecular complexity index is 331. The van der Waals surface area contributed by atoms with Crippen LogP contribution in [-0.2, 0) is 15.9 Å². The van der Waals surface area contributed by atoms with E-state index in [1.165, 1.54) is 11.1 Å². The van der Waals surface area contributed by atoms with Crippen LogP contribution in [0.15, 0.2) is 24.3 Å². The number of alkyl halides is 1. The Morgan fingerprint density at radius 2 is 2.18 bits per heavy atom. The lowest BCUT2D eigenvalue weighted by molar-refractivity contribution is 0.185. The number of benzene rings is 1. The molecular weight excluding hydrogens is 236 g/mol. The molecule has 1 aromatic rings. The molecule has 0 spiro atoms. The maximum absolute atomic E-state index is 6.46. The molecule has 0 bridgehead atoms. The van der Waals surface area contributed by atoms with Gasteiger partial charge in [-0.1, -0.05) is 24.3 Å². The van der Waals surface area contributed by atoms with Crippen molar-refractivity contribution in [3.05, 3.63) is 35.4 Å². The van der Waals surface area contributed by atoms with Crippen molar-refractivity contribution in [3.63, 3.8) is 0 Å². The van der Waals surface area contributed by atoms with Crippen LogP contribution >= 0.6 is 11.6 Å². The highest BCUT2D eigenvalue weighted by atomic mass is 35.5. The van der Waals surface area contributed by atoms with E-state index in [0.29, 0.717) is 5.92 Å². The fraction of sp³-hybridized carbons (Fsp3) is 0.571. The zero-order valence-corrected chi connectivity index (χ0v) is 11.0. The third-order valence-corrected chi connectivity index (χ3v) is 3.88. The normalized spacial score (nSPS) is 21.6. The summed E-state index contributed by atoms with van der Waals surface area (Å²) in [6.07, 6.45) is 2.02. The van der Waals surface area contributed by atoms with E-state index in [4.69, 9.17) is 21.1 Å². The zero-order valence-electron chi connectivity index (χ0n) is 10.2. The first kappa shape index (κ1) is 12.9. The summed E-state index contributed by atoms with van der Waals surface area (Å²) < 4.78 is 10.4. The van der Waals surface area contributed by atoms with E-state index in [1.807, 2.05) is 0 Å².